The summed E-state index contributed by atoms with van der Waals surface area (Å²) in [6.07, 6.45) is 3.39. The number of nitrogens with one attached hydrogen (secondary N) is 1. The molecule has 37 heavy (non-hydrogen) atoms. The third-order valence-electron chi connectivity index (χ3n) is 6.64. The van der Waals surface area contributed by atoms with Gasteiger partial charge in [-0.25, -0.2) is 0 Å². The van der Waals surface area contributed by atoms with Crippen molar-refractivity contribution in [3.8, 4) is 0 Å². The van der Waals surface area contributed by atoms with E-state index in [0.717, 1.165) is 34.0 Å². The molecule has 0 bridgehead atoms. The fourth-order valence-corrected chi connectivity index (χ4v) is 4.58. The van der Waals surface area contributed by atoms with E-state index in [-0.39, 0.29) is 11.8 Å². The molecular formula is C32H39BrN2O2. The molecule has 2 amide bonds. The van der Waals surface area contributed by atoms with Crippen LogP contribution in [0.1, 0.15) is 68.2 Å². The highest BCUT2D eigenvalue weighted by molar-refractivity contribution is 9.10. The number of nitrogens with zero attached hydrogens (tertiary/aromatic N) is 1. The van der Waals surface area contributed by atoms with E-state index in [1.165, 1.54) is 5.56 Å². The van der Waals surface area contributed by atoms with Gasteiger partial charge in [0.15, 0.2) is 0 Å². The fraction of sp³-hybridized carbons (Fsp3) is 0.375. The molecule has 0 spiro atoms. The van der Waals surface area contributed by atoms with Crippen molar-refractivity contribution in [3.05, 3.63) is 106 Å². The summed E-state index contributed by atoms with van der Waals surface area (Å²) in [6.45, 7) is 7.46. The second kappa shape index (κ2) is 14.7. The van der Waals surface area contributed by atoms with Gasteiger partial charge in [-0.1, -0.05) is 110 Å². The van der Waals surface area contributed by atoms with Gasteiger partial charge in [0.05, 0.1) is 0 Å². The fourth-order valence-electron chi connectivity index (χ4n) is 4.31. The molecule has 0 aliphatic heterocycles. The van der Waals surface area contributed by atoms with E-state index in [4.69, 9.17) is 0 Å². The Morgan fingerprint density at radius 2 is 1.51 bits per heavy atom. The van der Waals surface area contributed by atoms with Gasteiger partial charge in [-0.05, 0) is 53.1 Å². The van der Waals surface area contributed by atoms with Gasteiger partial charge in [-0.2, -0.15) is 0 Å². The van der Waals surface area contributed by atoms with Crippen LogP contribution in [0.25, 0.3) is 0 Å². The van der Waals surface area contributed by atoms with Crippen LogP contribution in [0.4, 0.5) is 0 Å². The molecule has 0 saturated heterocycles. The lowest BCUT2D eigenvalue weighted by molar-refractivity contribution is -0.141. The predicted molar refractivity (Wildman–Crippen MR) is 155 cm³/mol. The topological polar surface area (TPSA) is 49.4 Å². The zero-order valence-electron chi connectivity index (χ0n) is 22.3. The van der Waals surface area contributed by atoms with Crippen molar-refractivity contribution < 1.29 is 9.59 Å². The minimum Gasteiger partial charge on any atom is -0.354 e. The number of carbonyl (C=O) groups excluding carboxylic acids is 2. The van der Waals surface area contributed by atoms with E-state index in [9.17, 15) is 9.59 Å². The van der Waals surface area contributed by atoms with Crippen molar-refractivity contribution in [1.29, 1.82) is 0 Å². The maximum absolute atomic E-state index is 13.8. The normalized spacial score (nSPS) is 11.8. The van der Waals surface area contributed by atoms with Gasteiger partial charge in [-0.15, -0.1) is 0 Å². The maximum Gasteiger partial charge on any atom is 0.243 e. The first kappa shape index (κ1) is 28.6. The first-order valence-corrected chi connectivity index (χ1v) is 14.1. The third-order valence-corrected chi connectivity index (χ3v) is 7.17. The average molecular weight is 564 g/mol. The summed E-state index contributed by atoms with van der Waals surface area (Å²) >= 11 is 3.49. The van der Waals surface area contributed by atoms with Crippen LogP contribution < -0.4 is 5.32 Å². The van der Waals surface area contributed by atoms with Crippen molar-refractivity contribution in [1.82, 2.24) is 10.2 Å². The van der Waals surface area contributed by atoms with E-state index in [2.05, 4.69) is 66.3 Å². The van der Waals surface area contributed by atoms with Crippen LogP contribution in [0.3, 0.4) is 0 Å². The molecule has 3 rings (SSSR count). The molecule has 0 unspecified atom stereocenters. The lowest BCUT2D eigenvalue weighted by Crippen LogP contribution is -2.50. The highest BCUT2D eigenvalue weighted by Crippen LogP contribution is 2.20. The van der Waals surface area contributed by atoms with Crippen LogP contribution in [0.15, 0.2) is 83.3 Å². The van der Waals surface area contributed by atoms with Gasteiger partial charge in [0, 0.05) is 30.4 Å². The molecule has 1 atom stereocenters. The number of unbranched alkanes of at least 4 members (excludes halogenated alkanes) is 1. The molecule has 3 aromatic carbocycles. The summed E-state index contributed by atoms with van der Waals surface area (Å²) in [7, 11) is 0. The molecular weight excluding hydrogens is 524 g/mol. The molecule has 0 aliphatic rings. The van der Waals surface area contributed by atoms with Crippen molar-refractivity contribution >= 4 is 27.7 Å². The lowest BCUT2D eigenvalue weighted by atomic mass is 9.99. The number of aryl methyl sites for hydroxylation is 1. The maximum atomic E-state index is 13.8. The number of carbonyl (C=O) groups is 2. The molecule has 0 aliphatic carbocycles. The molecule has 4 nitrogen and oxygen atoms in total. The van der Waals surface area contributed by atoms with Gasteiger partial charge in [0.1, 0.15) is 6.04 Å². The van der Waals surface area contributed by atoms with Crippen LogP contribution in [0.2, 0.25) is 0 Å². The highest BCUT2D eigenvalue weighted by atomic mass is 79.9. The average Bonchev–Trinajstić information content (AvgIpc) is 2.91. The minimum atomic E-state index is -0.585. The Morgan fingerprint density at radius 3 is 2.14 bits per heavy atom. The summed E-state index contributed by atoms with van der Waals surface area (Å²) in [4.78, 5) is 29.0. The first-order valence-electron chi connectivity index (χ1n) is 13.3. The Balaban J connectivity index is 1.85. The summed E-state index contributed by atoms with van der Waals surface area (Å²) in [6, 6.07) is 25.8. The molecule has 5 heteroatoms. The van der Waals surface area contributed by atoms with E-state index < -0.39 is 6.04 Å². The first-order chi connectivity index (χ1) is 17.9. The summed E-state index contributed by atoms with van der Waals surface area (Å²) in [5, 5.41) is 3.08. The monoisotopic (exact) mass is 562 g/mol. The number of rotatable bonds is 13. The van der Waals surface area contributed by atoms with Crippen LogP contribution in [-0.2, 0) is 29.0 Å². The summed E-state index contributed by atoms with van der Waals surface area (Å²) < 4.78 is 0.983. The smallest absolute Gasteiger partial charge is 0.243 e. The minimum absolute atomic E-state index is 0.0116. The quantitative estimate of drug-likeness (QED) is 0.226. The summed E-state index contributed by atoms with van der Waals surface area (Å²) in [5.74, 6) is 0.369. The Kier molecular flexibility index (Phi) is 11.4. The van der Waals surface area contributed by atoms with Gasteiger partial charge in [0.25, 0.3) is 0 Å². The van der Waals surface area contributed by atoms with Crippen molar-refractivity contribution in [2.24, 2.45) is 0 Å². The standard InChI is InChI=1S/C32H39BrN2O2/c1-4-5-21-34-32(37)30(22-26-9-7-6-8-10-26)35(23-27-13-18-29(33)19-14-27)31(36)20-15-25-11-16-28(17-12-25)24(2)3/h6-14,16-19,24,30H,4-5,15,20-23H2,1-3H3,(H,34,37)/t30-/m1/s1. The second-order valence-corrected chi connectivity index (χ2v) is 10.8. The van der Waals surface area contributed by atoms with Crippen LogP contribution >= 0.6 is 15.9 Å². The number of benzene rings is 3. The number of halogens is 1. The third kappa shape index (κ3) is 9.15. The zero-order chi connectivity index (χ0) is 26.6. The SMILES string of the molecule is CCCCNC(=O)[C@@H](Cc1ccccc1)N(Cc1ccc(Br)cc1)C(=O)CCc1ccc(C(C)C)cc1. The van der Waals surface area contributed by atoms with E-state index in [0.29, 0.717) is 38.3 Å². The number of hydrogen-bond acceptors (Lipinski definition) is 2. The van der Waals surface area contributed by atoms with Crippen LogP contribution in [0, 0.1) is 0 Å². The second-order valence-electron chi connectivity index (χ2n) is 9.89. The largest absolute Gasteiger partial charge is 0.354 e. The van der Waals surface area contributed by atoms with E-state index >= 15 is 0 Å². The zero-order valence-corrected chi connectivity index (χ0v) is 23.8. The molecule has 0 heterocycles. The summed E-state index contributed by atoms with van der Waals surface area (Å²) in [5.41, 5.74) is 4.46. The van der Waals surface area contributed by atoms with Crippen molar-refractivity contribution in [2.45, 2.75) is 71.4 Å². The molecule has 0 aromatic heterocycles. The Morgan fingerprint density at radius 1 is 0.865 bits per heavy atom. The van der Waals surface area contributed by atoms with Crippen molar-refractivity contribution in [3.63, 3.8) is 0 Å². The van der Waals surface area contributed by atoms with Gasteiger partial charge in [-0.3, -0.25) is 9.59 Å². The predicted octanol–water partition coefficient (Wildman–Crippen LogP) is 7.06. The van der Waals surface area contributed by atoms with Crippen LogP contribution in [-0.4, -0.2) is 29.3 Å². The van der Waals surface area contributed by atoms with E-state index in [1.807, 2.05) is 54.6 Å². The Labute approximate surface area is 230 Å². The molecule has 0 saturated carbocycles. The van der Waals surface area contributed by atoms with Gasteiger partial charge in [0.2, 0.25) is 11.8 Å². The van der Waals surface area contributed by atoms with Crippen molar-refractivity contribution in [2.75, 3.05) is 6.54 Å². The molecule has 0 radical (unpaired) electrons. The number of amides is 2. The number of hydrogen-bond donors (Lipinski definition) is 1. The Hall–Kier alpha value is -2.92. The molecule has 196 valence electrons. The molecule has 3 aromatic rings. The highest BCUT2D eigenvalue weighted by Gasteiger charge is 2.30. The van der Waals surface area contributed by atoms with E-state index in [1.54, 1.807) is 4.90 Å². The van der Waals surface area contributed by atoms with Crippen LogP contribution in [0.5, 0.6) is 0 Å². The lowest BCUT2D eigenvalue weighted by Gasteiger charge is -2.32. The Bertz CT molecular complexity index is 1110. The van der Waals surface area contributed by atoms with Gasteiger partial charge >= 0.3 is 0 Å². The van der Waals surface area contributed by atoms with Gasteiger partial charge < -0.3 is 10.2 Å². The molecule has 1 N–H and O–H groups in total. The molecule has 0 fully saturated rings.